The lowest BCUT2D eigenvalue weighted by atomic mass is 9.61. The Labute approximate surface area is 106 Å². The molecule has 0 amide bonds. The van der Waals surface area contributed by atoms with Crippen LogP contribution < -0.4 is 0 Å². The molecule has 0 radical (unpaired) electrons. The molecule has 0 bridgehead atoms. The Morgan fingerprint density at radius 3 is 2.21 bits per heavy atom. The average molecular weight is 272 g/mol. The van der Waals surface area contributed by atoms with Gasteiger partial charge in [0.05, 0.1) is 0 Å². The van der Waals surface area contributed by atoms with Gasteiger partial charge in [-0.15, -0.1) is 0 Å². The third-order valence-electron chi connectivity index (χ3n) is 2.97. The minimum absolute atomic E-state index is 0.281. The molecule has 0 heterocycles. The van der Waals surface area contributed by atoms with Gasteiger partial charge in [-0.2, -0.15) is 0 Å². The molecule has 2 rings (SSSR count). The molecule has 0 aliphatic heterocycles. The normalized spacial score (nSPS) is 22.3. The molecule has 0 spiro atoms. The monoisotopic (exact) mass is 272 g/mol. The summed E-state index contributed by atoms with van der Waals surface area (Å²) in [5, 5.41) is 18.2. The predicted octanol–water partition coefficient (Wildman–Crippen LogP) is 2.17. The molecule has 2 N–H and O–H groups in total. The highest BCUT2D eigenvalue weighted by molar-refractivity contribution is 6.49. The van der Waals surface area contributed by atoms with Crippen molar-refractivity contribution < 1.29 is 27.6 Å². The van der Waals surface area contributed by atoms with Crippen molar-refractivity contribution in [3.8, 4) is 0 Å². The predicted molar refractivity (Wildman–Crippen MR) is 62.1 cm³/mol. The molecule has 1 aromatic carbocycles. The van der Waals surface area contributed by atoms with E-state index in [1.165, 1.54) is 12.2 Å². The molecule has 1 aromatic rings. The first kappa shape index (κ1) is 13.8. The van der Waals surface area contributed by atoms with Crippen LogP contribution in [0.2, 0.25) is 0 Å². The van der Waals surface area contributed by atoms with Crippen LogP contribution >= 0.6 is 0 Å². The Morgan fingerprint density at radius 1 is 1.11 bits per heavy atom. The summed E-state index contributed by atoms with van der Waals surface area (Å²) < 4.78 is 53.6. The van der Waals surface area contributed by atoms with Crippen LogP contribution in [0.15, 0.2) is 30.4 Å². The smallest absolute Gasteiger partial charge is 0.425 e. The number of benzene rings is 1. The third kappa shape index (κ3) is 2.31. The Balaban J connectivity index is 2.56. The van der Waals surface area contributed by atoms with Gasteiger partial charge in [-0.1, -0.05) is 18.2 Å². The quantitative estimate of drug-likeness (QED) is 0.492. The summed E-state index contributed by atoms with van der Waals surface area (Å²) in [5.74, 6) is -4.61. The second kappa shape index (κ2) is 4.83. The molecular formula is C12H9BF4O2. The lowest BCUT2D eigenvalue weighted by Crippen LogP contribution is -2.44. The maximum absolute atomic E-state index is 14.5. The van der Waals surface area contributed by atoms with Gasteiger partial charge in [0.25, 0.3) is 0 Å². The van der Waals surface area contributed by atoms with Crippen molar-refractivity contribution in [2.45, 2.75) is 12.0 Å². The highest BCUT2D eigenvalue weighted by Crippen LogP contribution is 2.38. The van der Waals surface area contributed by atoms with Gasteiger partial charge >= 0.3 is 7.12 Å². The molecule has 1 aliphatic carbocycles. The summed E-state index contributed by atoms with van der Waals surface area (Å²) in [7, 11) is -2.36. The lowest BCUT2D eigenvalue weighted by molar-refractivity contribution is 0.253. The van der Waals surface area contributed by atoms with Crippen molar-refractivity contribution >= 4 is 12.7 Å². The molecular weight excluding hydrogens is 263 g/mol. The highest BCUT2D eigenvalue weighted by Gasteiger charge is 2.46. The fraction of sp³-hybridized carbons (Fsp3) is 0.167. The molecule has 0 fully saturated rings. The van der Waals surface area contributed by atoms with Crippen LogP contribution in [0.4, 0.5) is 17.6 Å². The van der Waals surface area contributed by atoms with Crippen molar-refractivity contribution in [3.05, 3.63) is 53.4 Å². The zero-order valence-corrected chi connectivity index (χ0v) is 9.58. The van der Waals surface area contributed by atoms with Gasteiger partial charge in [-0.25, -0.2) is 17.6 Å². The molecule has 1 unspecified atom stereocenters. The van der Waals surface area contributed by atoms with Crippen molar-refractivity contribution in [1.82, 2.24) is 0 Å². The topological polar surface area (TPSA) is 40.5 Å². The maximum atomic E-state index is 14.5. The van der Waals surface area contributed by atoms with Crippen molar-refractivity contribution in [2.75, 3.05) is 0 Å². The van der Waals surface area contributed by atoms with Gasteiger partial charge in [-0.3, -0.25) is 0 Å². The summed E-state index contributed by atoms with van der Waals surface area (Å²) in [4.78, 5) is 0. The summed E-state index contributed by atoms with van der Waals surface area (Å²) in [5.41, 5.74) is -3.19. The summed E-state index contributed by atoms with van der Waals surface area (Å²) in [6, 6.07) is 1.22. The van der Waals surface area contributed by atoms with Gasteiger partial charge in [0.1, 0.15) is 0 Å². The van der Waals surface area contributed by atoms with E-state index in [0.29, 0.717) is 12.1 Å². The van der Waals surface area contributed by atoms with Crippen LogP contribution in [0.5, 0.6) is 0 Å². The third-order valence-corrected chi connectivity index (χ3v) is 2.97. The van der Waals surface area contributed by atoms with Crippen molar-refractivity contribution in [3.63, 3.8) is 0 Å². The first-order valence-corrected chi connectivity index (χ1v) is 5.43. The summed E-state index contributed by atoms with van der Waals surface area (Å²) in [6.45, 7) is 0. The Morgan fingerprint density at radius 2 is 1.68 bits per heavy atom. The standard InChI is InChI=1S/C12H9BF4O2/c14-9-5-7(6-10(15)11(9)16)8-3-1-2-4-12(8,17)13(18)19/h1-3,5-6,18-19H,4H2. The number of hydrogen-bond donors (Lipinski definition) is 2. The van der Waals surface area contributed by atoms with Crippen LogP contribution in [-0.4, -0.2) is 22.7 Å². The molecule has 0 saturated carbocycles. The van der Waals surface area contributed by atoms with E-state index in [4.69, 9.17) is 10.0 Å². The molecule has 1 atom stereocenters. The van der Waals surface area contributed by atoms with E-state index in [-0.39, 0.29) is 17.6 Å². The molecule has 7 heteroatoms. The van der Waals surface area contributed by atoms with Crippen LogP contribution in [-0.2, 0) is 0 Å². The molecule has 0 saturated heterocycles. The molecule has 19 heavy (non-hydrogen) atoms. The Kier molecular flexibility index (Phi) is 3.51. The maximum Gasteiger partial charge on any atom is 0.496 e. The highest BCUT2D eigenvalue weighted by atomic mass is 19.2. The van der Waals surface area contributed by atoms with E-state index in [1.54, 1.807) is 0 Å². The Bertz CT molecular complexity index is 548. The summed E-state index contributed by atoms with van der Waals surface area (Å²) >= 11 is 0. The minimum Gasteiger partial charge on any atom is -0.425 e. The summed E-state index contributed by atoms with van der Waals surface area (Å²) in [6.07, 6.45) is 3.56. The van der Waals surface area contributed by atoms with Crippen molar-refractivity contribution in [1.29, 1.82) is 0 Å². The average Bonchev–Trinajstić information content (AvgIpc) is 2.35. The molecule has 0 aromatic heterocycles. The van der Waals surface area contributed by atoms with E-state index in [0.717, 1.165) is 6.08 Å². The fourth-order valence-corrected chi connectivity index (χ4v) is 1.94. The van der Waals surface area contributed by atoms with Crippen molar-refractivity contribution in [2.24, 2.45) is 0 Å². The van der Waals surface area contributed by atoms with Gasteiger partial charge in [-0.05, 0) is 23.3 Å². The van der Waals surface area contributed by atoms with Gasteiger partial charge in [0.15, 0.2) is 23.0 Å². The number of halogens is 4. The van der Waals surface area contributed by atoms with Gasteiger partial charge in [0.2, 0.25) is 0 Å². The fourth-order valence-electron chi connectivity index (χ4n) is 1.94. The van der Waals surface area contributed by atoms with Gasteiger partial charge < -0.3 is 10.0 Å². The zero-order valence-electron chi connectivity index (χ0n) is 9.58. The minimum atomic E-state index is -2.59. The Hall–Kier alpha value is -1.60. The second-order valence-corrected chi connectivity index (χ2v) is 4.20. The van der Waals surface area contributed by atoms with Crippen LogP contribution in [0.25, 0.3) is 5.57 Å². The number of hydrogen-bond acceptors (Lipinski definition) is 2. The first-order valence-electron chi connectivity index (χ1n) is 5.43. The van der Waals surface area contributed by atoms with E-state index in [1.807, 2.05) is 0 Å². The number of allylic oxidation sites excluding steroid dienone is 4. The molecule has 1 aliphatic rings. The van der Waals surface area contributed by atoms with Crippen LogP contribution in [0, 0.1) is 17.5 Å². The van der Waals surface area contributed by atoms with E-state index >= 15 is 0 Å². The zero-order chi connectivity index (χ0) is 14.2. The lowest BCUT2D eigenvalue weighted by Gasteiger charge is -2.28. The van der Waals surface area contributed by atoms with Crippen LogP contribution in [0.1, 0.15) is 12.0 Å². The SMILES string of the molecule is OB(O)C1(F)CC=CC=C1c1cc(F)c(F)c(F)c1. The number of rotatable bonds is 2. The second-order valence-electron chi connectivity index (χ2n) is 4.20. The van der Waals surface area contributed by atoms with Crippen LogP contribution in [0.3, 0.4) is 0 Å². The largest absolute Gasteiger partial charge is 0.496 e. The van der Waals surface area contributed by atoms with Gasteiger partial charge in [0, 0.05) is 6.42 Å². The number of alkyl halides is 1. The molecule has 100 valence electrons. The van der Waals surface area contributed by atoms with E-state index < -0.39 is 30.1 Å². The molecule has 2 nitrogen and oxygen atoms in total. The first-order chi connectivity index (χ1) is 8.86. The van der Waals surface area contributed by atoms with E-state index in [9.17, 15) is 17.6 Å². The van der Waals surface area contributed by atoms with E-state index in [2.05, 4.69) is 0 Å².